The van der Waals surface area contributed by atoms with Crippen LogP contribution >= 0.6 is 0 Å². The first-order valence-corrected chi connectivity index (χ1v) is 6.74. The molecule has 0 aromatic heterocycles. The second-order valence-electron chi connectivity index (χ2n) is 4.51. The lowest BCUT2D eigenvalue weighted by atomic mass is 10.1. The maximum Gasteiger partial charge on any atom is 0.311 e. The maximum atomic E-state index is 12.5. The number of carbonyl (C=O) groups excluding carboxylic acids is 2. The normalized spacial score (nSPS) is 9.83. The zero-order valence-corrected chi connectivity index (χ0v) is 13.0. The Morgan fingerprint density at radius 2 is 2.09 bits per heavy atom. The number of ether oxygens (including phenoxy) is 2. The van der Waals surface area contributed by atoms with E-state index in [0.717, 1.165) is 6.07 Å². The van der Waals surface area contributed by atoms with Crippen LogP contribution in [0.15, 0.2) is 30.9 Å². The van der Waals surface area contributed by atoms with Crippen LogP contribution in [0.3, 0.4) is 0 Å². The molecule has 1 aromatic rings. The van der Waals surface area contributed by atoms with Crippen LogP contribution in [0.1, 0.15) is 16.8 Å². The largest absolute Gasteiger partial charge is 0.490 e. The Balaban J connectivity index is 3.03. The summed E-state index contributed by atoms with van der Waals surface area (Å²) in [6, 6.07) is 3.94. The van der Waals surface area contributed by atoms with E-state index in [0.29, 0.717) is 0 Å². The molecule has 124 valence electrons. The van der Waals surface area contributed by atoms with Crippen molar-refractivity contribution in [2.75, 3.05) is 27.3 Å². The molecule has 0 heterocycles. The maximum absolute atomic E-state index is 12.5. The Labute approximate surface area is 133 Å². The molecule has 0 saturated carbocycles. The molecule has 0 radical (unpaired) electrons. The lowest BCUT2D eigenvalue weighted by Gasteiger charge is -2.20. The molecule has 0 saturated heterocycles. The van der Waals surface area contributed by atoms with Crippen molar-refractivity contribution in [3.8, 4) is 5.75 Å². The van der Waals surface area contributed by atoms with Crippen LogP contribution in [0, 0.1) is 10.1 Å². The van der Waals surface area contributed by atoms with Crippen molar-refractivity contribution < 1.29 is 24.0 Å². The molecule has 1 amide bonds. The number of hydrogen-bond acceptors (Lipinski definition) is 6. The van der Waals surface area contributed by atoms with Gasteiger partial charge in [0.05, 0.1) is 25.6 Å². The third-order valence-corrected chi connectivity index (χ3v) is 3.07. The van der Waals surface area contributed by atoms with E-state index in [1.54, 1.807) is 0 Å². The molecule has 8 nitrogen and oxygen atoms in total. The van der Waals surface area contributed by atoms with Gasteiger partial charge in [0, 0.05) is 24.7 Å². The van der Waals surface area contributed by atoms with Gasteiger partial charge < -0.3 is 14.4 Å². The molecule has 0 aliphatic heterocycles. The Kier molecular flexibility index (Phi) is 6.72. The molecule has 1 aromatic carbocycles. The van der Waals surface area contributed by atoms with Crippen molar-refractivity contribution in [2.24, 2.45) is 0 Å². The summed E-state index contributed by atoms with van der Waals surface area (Å²) >= 11 is 0. The molecule has 0 unspecified atom stereocenters. The lowest BCUT2D eigenvalue weighted by Crippen LogP contribution is -2.33. The molecule has 8 heteroatoms. The van der Waals surface area contributed by atoms with Crippen molar-refractivity contribution in [2.45, 2.75) is 6.42 Å². The average Bonchev–Trinajstić information content (AvgIpc) is 2.56. The number of hydrogen-bond donors (Lipinski definition) is 0. The minimum absolute atomic E-state index is 0.0222. The zero-order chi connectivity index (χ0) is 17.4. The first-order valence-electron chi connectivity index (χ1n) is 6.74. The second kappa shape index (κ2) is 8.52. The van der Waals surface area contributed by atoms with Gasteiger partial charge in [0.15, 0.2) is 5.75 Å². The van der Waals surface area contributed by atoms with Crippen molar-refractivity contribution in [1.82, 2.24) is 4.90 Å². The van der Waals surface area contributed by atoms with Gasteiger partial charge in [-0.3, -0.25) is 19.7 Å². The van der Waals surface area contributed by atoms with E-state index in [1.807, 2.05) is 0 Å². The van der Waals surface area contributed by atoms with Gasteiger partial charge in [0.1, 0.15) is 0 Å². The summed E-state index contributed by atoms with van der Waals surface area (Å²) in [5.41, 5.74) is -0.172. The summed E-state index contributed by atoms with van der Waals surface area (Å²) in [5.74, 6) is -0.830. The van der Waals surface area contributed by atoms with Crippen molar-refractivity contribution >= 4 is 17.6 Å². The van der Waals surface area contributed by atoms with Gasteiger partial charge >= 0.3 is 11.7 Å². The highest BCUT2D eigenvalue weighted by Crippen LogP contribution is 2.28. The Morgan fingerprint density at radius 1 is 1.39 bits per heavy atom. The number of nitro benzene ring substituents is 1. The molecule has 0 aliphatic carbocycles. The number of carbonyl (C=O) groups is 2. The molecule has 1 rings (SSSR count). The molecule has 0 aliphatic rings. The standard InChI is InChI=1S/C15H18N2O6/c1-4-8-16(9-7-14(18)23-3)15(19)11-5-6-13(22-2)12(10-11)17(20)21/h4-6,10H,1,7-9H2,2-3H3. The summed E-state index contributed by atoms with van der Waals surface area (Å²) in [4.78, 5) is 35.4. The van der Waals surface area contributed by atoms with Crippen LogP contribution in [0.2, 0.25) is 0 Å². The van der Waals surface area contributed by atoms with E-state index in [1.165, 1.54) is 37.3 Å². The molecular weight excluding hydrogens is 304 g/mol. The summed E-state index contributed by atoms with van der Waals surface area (Å²) in [7, 11) is 2.57. The fraction of sp³-hybridized carbons (Fsp3) is 0.333. The number of methoxy groups -OCH3 is 2. The average molecular weight is 322 g/mol. The van der Waals surface area contributed by atoms with Crippen LogP contribution < -0.4 is 4.74 Å². The molecule has 0 spiro atoms. The van der Waals surface area contributed by atoms with Crippen LogP contribution in [0.5, 0.6) is 5.75 Å². The number of nitrogens with zero attached hydrogens (tertiary/aromatic N) is 2. The van der Waals surface area contributed by atoms with Crippen LogP contribution in [0.25, 0.3) is 0 Å². The molecule has 0 bridgehead atoms. The third kappa shape index (κ3) is 4.80. The monoisotopic (exact) mass is 322 g/mol. The number of esters is 1. The molecular formula is C15H18N2O6. The highest BCUT2D eigenvalue weighted by atomic mass is 16.6. The van der Waals surface area contributed by atoms with Crippen molar-refractivity contribution in [3.05, 3.63) is 46.5 Å². The fourth-order valence-electron chi connectivity index (χ4n) is 1.91. The minimum Gasteiger partial charge on any atom is -0.490 e. The molecule has 23 heavy (non-hydrogen) atoms. The highest BCUT2D eigenvalue weighted by molar-refractivity contribution is 5.95. The van der Waals surface area contributed by atoms with Gasteiger partial charge in [-0.2, -0.15) is 0 Å². The fourth-order valence-corrected chi connectivity index (χ4v) is 1.91. The van der Waals surface area contributed by atoms with E-state index >= 15 is 0 Å². The van der Waals surface area contributed by atoms with E-state index < -0.39 is 16.8 Å². The van der Waals surface area contributed by atoms with Gasteiger partial charge in [0.25, 0.3) is 5.91 Å². The number of nitro groups is 1. The summed E-state index contributed by atoms with van der Waals surface area (Å²) in [5, 5.41) is 11.0. The van der Waals surface area contributed by atoms with Crippen LogP contribution in [0.4, 0.5) is 5.69 Å². The van der Waals surface area contributed by atoms with Gasteiger partial charge in [-0.05, 0) is 12.1 Å². The lowest BCUT2D eigenvalue weighted by molar-refractivity contribution is -0.385. The summed E-state index contributed by atoms with van der Waals surface area (Å²) < 4.78 is 9.44. The first kappa shape index (κ1) is 18.1. The number of rotatable bonds is 8. The predicted molar refractivity (Wildman–Crippen MR) is 82.4 cm³/mol. The third-order valence-electron chi connectivity index (χ3n) is 3.07. The van der Waals surface area contributed by atoms with Gasteiger partial charge in [-0.1, -0.05) is 6.08 Å². The summed E-state index contributed by atoms with van der Waals surface area (Å²) in [6.45, 7) is 3.89. The van der Waals surface area contributed by atoms with Gasteiger partial charge in [-0.25, -0.2) is 0 Å². The second-order valence-corrected chi connectivity index (χ2v) is 4.51. The minimum atomic E-state index is -0.623. The molecule has 0 fully saturated rings. The Bertz CT molecular complexity index is 614. The first-order chi connectivity index (χ1) is 10.9. The van der Waals surface area contributed by atoms with Crippen molar-refractivity contribution in [3.63, 3.8) is 0 Å². The number of benzene rings is 1. The Hall–Kier alpha value is -2.90. The highest BCUT2D eigenvalue weighted by Gasteiger charge is 2.21. The SMILES string of the molecule is C=CCN(CCC(=O)OC)C(=O)c1ccc(OC)c([N+](=O)[O-])c1. The van der Waals surface area contributed by atoms with E-state index in [-0.39, 0.29) is 36.5 Å². The predicted octanol–water partition coefficient (Wildman–Crippen LogP) is 1.79. The zero-order valence-electron chi connectivity index (χ0n) is 13.0. The van der Waals surface area contributed by atoms with Gasteiger partial charge in [-0.15, -0.1) is 6.58 Å². The quantitative estimate of drug-likeness (QED) is 0.313. The molecule has 0 atom stereocenters. The van der Waals surface area contributed by atoms with E-state index in [2.05, 4.69) is 11.3 Å². The Morgan fingerprint density at radius 3 is 2.61 bits per heavy atom. The van der Waals surface area contributed by atoms with Gasteiger partial charge in [0.2, 0.25) is 0 Å². The number of amides is 1. The van der Waals surface area contributed by atoms with Crippen LogP contribution in [-0.2, 0) is 9.53 Å². The van der Waals surface area contributed by atoms with Crippen LogP contribution in [-0.4, -0.2) is 49.0 Å². The van der Waals surface area contributed by atoms with E-state index in [4.69, 9.17) is 4.74 Å². The summed E-state index contributed by atoms with van der Waals surface area (Å²) in [6.07, 6.45) is 1.53. The topological polar surface area (TPSA) is 99.0 Å². The smallest absolute Gasteiger partial charge is 0.311 e. The molecule has 0 N–H and O–H groups in total. The van der Waals surface area contributed by atoms with E-state index in [9.17, 15) is 19.7 Å². The van der Waals surface area contributed by atoms with Crippen molar-refractivity contribution in [1.29, 1.82) is 0 Å².